The van der Waals surface area contributed by atoms with Gasteiger partial charge in [-0.05, 0) is 37.8 Å². The van der Waals surface area contributed by atoms with Crippen LogP contribution in [0.25, 0.3) is 5.52 Å². The number of halogens is 1. The molecule has 2 fully saturated rings. The number of pyridine rings is 1. The van der Waals surface area contributed by atoms with Gasteiger partial charge in [-0.15, -0.1) is 0 Å². The first-order valence-electron chi connectivity index (χ1n) is 7.70. The maximum absolute atomic E-state index is 13.7. The lowest BCUT2D eigenvalue weighted by atomic mass is 10.1. The van der Waals surface area contributed by atoms with Gasteiger partial charge < -0.3 is 9.64 Å². The van der Waals surface area contributed by atoms with Crippen LogP contribution in [0.4, 0.5) is 4.39 Å². The standard InChI is InChI=1S/C16H18FN3O2/c1-10-8-19(9-14(22-10)11-4-5-11)16(21)15-18-7-13-12(17)3-2-6-20(13)15/h2-3,6-7,10-11,14H,4-5,8-9H2,1H3. The third kappa shape index (κ3) is 2.27. The number of rotatable bonds is 2. The number of amides is 1. The highest BCUT2D eigenvalue weighted by atomic mass is 19.1. The summed E-state index contributed by atoms with van der Waals surface area (Å²) in [5, 5.41) is 0. The molecule has 1 aliphatic carbocycles. The topological polar surface area (TPSA) is 46.8 Å². The van der Waals surface area contributed by atoms with E-state index >= 15 is 0 Å². The van der Waals surface area contributed by atoms with Crippen LogP contribution in [-0.2, 0) is 4.74 Å². The fourth-order valence-corrected chi connectivity index (χ4v) is 3.17. The molecule has 116 valence electrons. The molecule has 2 aliphatic rings. The number of ether oxygens (including phenoxy) is 1. The third-order valence-electron chi connectivity index (χ3n) is 4.43. The number of fused-ring (bicyclic) bond motifs is 1. The van der Waals surface area contributed by atoms with Crippen LogP contribution < -0.4 is 0 Å². The Balaban J connectivity index is 1.63. The molecule has 0 N–H and O–H groups in total. The smallest absolute Gasteiger partial charge is 0.290 e. The van der Waals surface area contributed by atoms with E-state index in [0.29, 0.717) is 24.5 Å². The molecule has 22 heavy (non-hydrogen) atoms. The number of carbonyl (C=O) groups excluding carboxylic acids is 1. The summed E-state index contributed by atoms with van der Waals surface area (Å²) in [7, 11) is 0. The van der Waals surface area contributed by atoms with E-state index in [1.165, 1.54) is 29.5 Å². The molecule has 0 spiro atoms. The van der Waals surface area contributed by atoms with Crippen LogP contribution in [0.3, 0.4) is 0 Å². The molecule has 4 rings (SSSR count). The van der Waals surface area contributed by atoms with E-state index in [0.717, 1.165) is 0 Å². The molecule has 0 bridgehead atoms. The number of carbonyl (C=O) groups is 1. The van der Waals surface area contributed by atoms with E-state index in [1.54, 1.807) is 17.2 Å². The fraction of sp³-hybridized carbons (Fsp3) is 0.500. The van der Waals surface area contributed by atoms with E-state index in [-0.39, 0.29) is 29.8 Å². The molecule has 0 radical (unpaired) electrons. The first-order valence-corrected chi connectivity index (χ1v) is 7.70. The quantitative estimate of drug-likeness (QED) is 0.853. The van der Waals surface area contributed by atoms with Gasteiger partial charge in [-0.25, -0.2) is 9.37 Å². The maximum atomic E-state index is 13.7. The number of morpholine rings is 1. The zero-order valence-corrected chi connectivity index (χ0v) is 12.4. The lowest BCUT2D eigenvalue weighted by molar-refractivity contribution is -0.0764. The van der Waals surface area contributed by atoms with Crippen LogP contribution in [0.15, 0.2) is 24.5 Å². The van der Waals surface area contributed by atoms with Gasteiger partial charge in [0.2, 0.25) is 5.82 Å². The van der Waals surface area contributed by atoms with Crippen LogP contribution >= 0.6 is 0 Å². The zero-order valence-electron chi connectivity index (χ0n) is 12.4. The molecule has 2 unspecified atom stereocenters. The number of imidazole rings is 1. The van der Waals surface area contributed by atoms with E-state index in [1.807, 2.05) is 6.92 Å². The van der Waals surface area contributed by atoms with Crippen molar-refractivity contribution >= 4 is 11.4 Å². The Morgan fingerprint density at radius 1 is 1.41 bits per heavy atom. The van der Waals surface area contributed by atoms with Crippen LogP contribution in [0, 0.1) is 11.7 Å². The van der Waals surface area contributed by atoms with E-state index < -0.39 is 0 Å². The molecule has 2 aromatic heterocycles. The van der Waals surface area contributed by atoms with Gasteiger partial charge in [-0.2, -0.15) is 0 Å². The van der Waals surface area contributed by atoms with Gasteiger partial charge in [0.25, 0.3) is 5.91 Å². The van der Waals surface area contributed by atoms with Crippen molar-refractivity contribution in [3.63, 3.8) is 0 Å². The summed E-state index contributed by atoms with van der Waals surface area (Å²) < 4.78 is 21.2. The molecule has 2 aromatic rings. The largest absolute Gasteiger partial charge is 0.371 e. The average Bonchev–Trinajstić information content (AvgIpc) is 3.26. The number of hydrogen-bond donors (Lipinski definition) is 0. The van der Waals surface area contributed by atoms with E-state index in [4.69, 9.17) is 4.74 Å². The predicted molar refractivity (Wildman–Crippen MR) is 78.1 cm³/mol. The Hall–Kier alpha value is -1.95. The molecule has 1 amide bonds. The Morgan fingerprint density at radius 2 is 2.23 bits per heavy atom. The van der Waals surface area contributed by atoms with Crippen LogP contribution in [0.1, 0.15) is 30.4 Å². The second-order valence-corrected chi connectivity index (χ2v) is 6.23. The summed E-state index contributed by atoms with van der Waals surface area (Å²) in [6, 6.07) is 2.95. The first-order chi connectivity index (χ1) is 10.6. The summed E-state index contributed by atoms with van der Waals surface area (Å²) >= 11 is 0. The van der Waals surface area contributed by atoms with Crippen molar-refractivity contribution in [3.05, 3.63) is 36.2 Å². The van der Waals surface area contributed by atoms with Gasteiger partial charge in [0.15, 0.2) is 0 Å². The zero-order chi connectivity index (χ0) is 15.3. The first kappa shape index (κ1) is 13.7. The van der Waals surface area contributed by atoms with E-state index in [9.17, 15) is 9.18 Å². The molecule has 6 heteroatoms. The third-order valence-corrected chi connectivity index (χ3v) is 4.43. The van der Waals surface area contributed by atoms with Gasteiger partial charge in [0.05, 0.1) is 18.4 Å². The van der Waals surface area contributed by atoms with Crippen molar-refractivity contribution in [2.45, 2.75) is 32.0 Å². The molecule has 3 heterocycles. The lowest BCUT2D eigenvalue weighted by Crippen LogP contribution is -2.50. The molecule has 5 nitrogen and oxygen atoms in total. The van der Waals surface area contributed by atoms with Crippen molar-refractivity contribution in [2.75, 3.05) is 13.1 Å². The molecule has 1 aliphatic heterocycles. The van der Waals surface area contributed by atoms with Gasteiger partial charge >= 0.3 is 0 Å². The summed E-state index contributed by atoms with van der Waals surface area (Å²) in [4.78, 5) is 18.7. The highest BCUT2D eigenvalue weighted by molar-refractivity contribution is 5.92. The van der Waals surface area contributed by atoms with Crippen molar-refractivity contribution in [2.24, 2.45) is 5.92 Å². The average molecular weight is 303 g/mol. The van der Waals surface area contributed by atoms with Crippen molar-refractivity contribution in [1.29, 1.82) is 0 Å². The normalized spacial score (nSPS) is 25.6. The van der Waals surface area contributed by atoms with Gasteiger partial charge in [-0.1, -0.05) is 0 Å². The highest BCUT2D eigenvalue weighted by Gasteiger charge is 2.39. The Labute approximate surface area is 127 Å². The van der Waals surface area contributed by atoms with Crippen molar-refractivity contribution in [1.82, 2.24) is 14.3 Å². The Morgan fingerprint density at radius 3 is 3.00 bits per heavy atom. The summed E-state index contributed by atoms with van der Waals surface area (Å²) in [5.41, 5.74) is 0.325. The Kier molecular flexibility index (Phi) is 3.14. The number of nitrogens with zero attached hydrogens (tertiary/aromatic N) is 3. The minimum atomic E-state index is -0.375. The molecular formula is C16H18FN3O2. The highest BCUT2D eigenvalue weighted by Crippen LogP contribution is 2.36. The van der Waals surface area contributed by atoms with Gasteiger partial charge in [-0.3, -0.25) is 9.20 Å². The molecule has 0 aromatic carbocycles. The van der Waals surface area contributed by atoms with Gasteiger partial charge in [0, 0.05) is 19.3 Å². The van der Waals surface area contributed by atoms with Crippen molar-refractivity contribution < 1.29 is 13.9 Å². The van der Waals surface area contributed by atoms with Crippen molar-refractivity contribution in [3.8, 4) is 0 Å². The summed E-state index contributed by atoms with van der Waals surface area (Å²) in [5.74, 6) is 0.303. The van der Waals surface area contributed by atoms with E-state index in [2.05, 4.69) is 4.98 Å². The maximum Gasteiger partial charge on any atom is 0.290 e. The molecular weight excluding hydrogens is 285 g/mol. The Bertz CT molecular complexity index is 725. The van der Waals surface area contributed by atoms with Crippen LogP contribution in [-0.4, -0.2) is 45.5 Å². The number of aromatic nitrogens is 2. The number of hydrogen-bond acceptors (Lipinski definition) is 3. The predicted octanol–water partition coefficient (Wildman–Crippen LogP) is 2.11. The molecule has 1 saturated carbocycles. The van der Waals surface area contributed by atoms with Gasteiger partial charge in [0.1, 0.15) is 11.3 Å². The van der Waals surface area contributed by atoms with Crippen LogP contribution in [0.5, 0.6) is 0 Å². The van der Waals surface area contributed by atoms with Crippen LogP contribution in [0.2, 0.25) is 0 Å². The minimum absolute atomic E-state index is 0.0197. The fourth-order valence-electron chi connectivity index (χ4n) is 3.17. The second-order valence-electron chi connectivity index (χ2n) is 6.23. The SMILES string of the molecule is CC1CN(C(=O)c2ncc3c(F)cccn23)CC(C2CC2)O1. The second kappa shape index (κ2) is 5.05. The molecule has 2 atom stereocenters. The summed E-state index contributed by atoms with van der Waals surface area (Å²) in [6.07, 6.45) is 5.57. The molecule has 1 saturated heterocycles. The lowest BCUT2D eigenvalue weighted by Gasteiger charge is -2.36. The summed E-state index contributed by atoms with van der Waals surface area (Å²) in [6.45, 7) is 3.13. The monoisotopic (exact) mass is 303 g/mol. The minimum Gasteiger partial charge on any atom is -0.371 e.